The maximum absolute atomic E-state index is 12.1. The highest BCUT2D eigenvalue weighted by Crippen LogP contribution is 2.15. The number of nitrogens with zero attached hydrogens (tertiary/aromatic N) is 1. The lowest BCUT2D eigenvalue weighted by molar-refractivity contribution is -0.143. The summed E-state index contributed by atoms with van der Waals surface area (Å²) in [7, 11) is -2.52. The zero-order valence-electron chi connectivity index (χ0n) is 11.1. The monoisotopic (exact) mass is 304 g/mol. The van der Waals surface area contributed by atoms with E-state index >= 15 is 0 Å². The number of aromatic amines is 1. The van der Waals surface area contributed by atoms with E-state index < -0.39 is 22.0 Å². The van der Waals surface area contributed by atoms with Crippen LogP contribution >= 0.6 is 0 Å². The molecule has 0 bridgehead atoms. The van der Waals surface area contributed by atoms with Gasteiger partial charge in [0.15, 0.2) is 0 Å². The largest absolute Gasteiger partial charge is 0.477 e. The molecule has 9 heteroatoms. The number of carbonyl (C=O) groups excluding carboxylic acids is 1. The van der Waals surface area contributed by atoms with Gasteiger partial charge in [-0.15, -0.1) is 0 Å². The molecule has 0 saturated heterocycles. The van der Waals surface area contributed by atoms with Crippen LogP contribution in [0.25, 0.3) is 0 Å². The molecule has 0 atom stereocenters. The minimum absolute atomic E-state index is 0.0469. The molecule has 0 aliphatic heterocycles. The van der Waals surface area contributed by atoms with Gasteiger partial charge in [-0.1, -0.05) is 0 Å². The molecule has 1 aromatic rings. The van der Waals surface area contributed by atoms with Crippen molar-refractivity contribution in [1.82, 2.24) is 9.29 Å². The van der Waals surface area contributed by atoms with Gasteiger partial charge < -0.3 is 14.8 Å². The third kappa shape index (κ3) is 3.81. The van der Waals surface area contributed by atoms with Crippen LogP contribution in [0.4, 0.5) is 0 Å². The van der Waals surface area contributed by atoms with Crippen LogP contribution in [-0.2, 0) is 19.6 Å². The molecule has 1 aromatic heterocycles. The highest BCUT2D eigenvalue weighted by molar-refractivity contribution is 7.89. The normalized spacial score (nSPS) is 11.6. The Balaban J connectivity index is 2.76. The Morgan fingerprint density at radius 1 is 1.45 bits per heavy atom. The van der Waals surface area contributed by atoms with Crippen LogP contribution in [0.1, 0.15) is 23.8 Å². The van der Waals surface area contributed by atoms with Gasteiger partial charge in [-0.25, -0.2) is 17.5 Å². The van der Waals surface area contributed by atoms with E-state index in [4.69, 9.17) is 9.84 Å². The highest BCUT2D eigenvalue weighted by atomic mass is 32.2. The molecule has 0 aromatic carbocycles. The van der Waals surface area contributed by atoms with Crippen molar-refractivity contribution in [2.45, 2.75) is 18.2 Å². The third-order valence-electron chi connectivity index (χ3n) is 2.53. The molecule has 0 fully saturated rings. The number of rotatable bonds is 7. The molecule has 1 rings (SSSR count). The molecule has 0 amide bonds. The molecule has 0 aliphatic carbocycles. The second-order valence-electron chi connectivity index (χ2n) is 3.94. The van der Waals surface area contributed by atoms with E-state index in [0.717, 1.165) is 16.6 Å². The maximum Gasteiger partial charge on any atom is 0.352 e. The van der Waals surface area contributed by atoms with Crippen molar-refractivity contribution in [2.24, 2.45) is 0 Å². The van der Waals surface area contributed by atoms with Gasteiger partial charge in [0.1, 0.15) is 10.6 Å². The maximum atomic E-state index is 12.1. The fourth-order valence-corrected chi connectivity index (χ4v) is 2.60. The lowest BCUT2D eigenvalue weighted by Crippen LogP contribution is -2.29. The number of aromatic carboxylic acids is 1. The van der Waals surface area contributed by atoms with Crippen molar-refractivity contribution in [1.29, 1.82) is 0 Å². The van der Waals surface area contributed by atoms with Crippen LogP contribution in [0.15, 0.2) is 17.2 Å². The van der Waals surface area contributed by atoms with Crippen molar-refractivity contribution in [3.05, 3.63) is 18.0 Å². The number of nitrogens with one attached hydrogen (secondary N) is 1. The lowest BCUT2D eigenvalue weighted by Gasteiger charge is -2.15. The first-order chi connectivity index (χ1) is 9.28. The fraction of sp³-hybridized carbons (Fsp3) is 0.455. The van der Waals surface area contributed by atoms with Gasteiger partial charge in [0.05, 0.1) is 13.0 Å². The molecule has 2 N–H and O–H groups in total. The van der Waals surface area contributed by atoms with Gasteiger partial charge in [-0.3, -0.25) is 4.79 Å². The predicted octanol–water partition coefficient (Wildman–Crippen LogP) is 0.287. The van der Waals surface area contributed by atoms with E-state index in [9.17, 15) is 18.0 Å². The Morgan fingerprint density at radius 3 is 2.60 bits per heavy atom. The summed E-state index contributed by atoms with van der Waals surface area (Å²) in [6.07, 6.45) is 1.03. The van der Waals surface area contributed by atoms with Crippen LogP contribution in [0.5, 0.6) is 0 Å². The van der Waals surface area contributed by atoms with E-state index in [-0.39, 0.29) is 30.2 Å². The number of hydrogen-bond donors (Lipinski definition) is 2. The van der Waals surface area contributed by atoms with Crippen molar-refractivity contribution >= 4 is 22.0 Å². The predicted molar refractivity (Wildman–Crippen MR) is 68.8 cm³/mol. The number of hydrogen-bond acceptors (Lipinski definition) is 5. The van der Waals surface area contributed by atoms with Gasteiger partial charge in [0, 0.05) is 19.8 Å². The zero-order chi connectivity index (χ0) is 15.3. The molecule has 20 heavy (non-hydrogen) atoms. The number of carbonyl (C=O) groups is 2. The second-order valence-corrected chi connectivity index (χ2v) is 5.98. The standard InChI is InChI=1S/C11H16N2O6S/c1-3-19-10(14)4-5-13(2)20(17,18)8-6-9(11(15)16)12-7-8/h6-7,12H,3-5H2,1-2H3,(H,15,16). The smallest absolute Gasteiger partial charge is 0.352 e. The number of sulfonamides is 1. The third-order valence-corrected chi connectivity index (χ3v) is 4.37. The second kappa shape index (κ2) is 6.53. The molecule has 8 nitrogen and oxygen atoms in total. The molecular weight excluding hydrogens is 288 g/mol. The number of ether oxygens (including phenoxy) is 1. The van der Waals surface area contributed by atoms with Crippen molar-refractivity contribution < 1.29 is 27.9 Å². The van der Waals surface area contributed by atoms with Gasteiger partial charge in [-0.05, 0) is 13.0 Å². The van der Waals surface area contributed by atoms with Gasteiger partial charge in [-0.2, -0.15) is 0 Å². The van der Waals surface area contributed by atoms with E-state index in [0.29, 0.717) is 0 Å². The lowest BCUT2D eigenvalue weighted by atomic mass is 10.4. The van der Waals surface area contributed by atoms with Crippen molar-refractivity contribution in [3.63, 3.8) is 0 Å². The molecular formula is C11H16N2O6S. The molecule has 0 unspecified atom stereocenters. The first-order valence-electron chi connectivity index (χ1n) is 5.82. The number of H-pyrrole nitrogens is 1. The van der Waals surface area contributed by atoms with Gasteiger partial charge in [0.25, 0.3) is 0 Å². The number of carboxylic acid groups (broad SMARTS) is 1. The summed E-state index contributed by atoms with van der Waals surface area (Å²) in [5, 5.41) is 8.74. The fourth-order valence-electron chi connectivity index (χ4n) is 1.43. The van der Waals surface area contributed by atoms with Crippen molar-refractivity contribution in [3.8, 4) is 0 Å². The summed E-state index contributed by atoms with van der Waals surface area (Å²) in [4.78, 5) is 24.1. The average Bonchev–Trinajstić information content (AvgIpc) is 2.86. The minimum atomic E-state index is -3.83. The Morgan fingerprint density at radius 2 is 2.10 bits per heavy atom. The van der Waals surface area contributed by atoms with E-state index in [1.54, 1.807) is 6.92 Å². The summed E-state index contributed by atoms with van der Waals surface area (Å²) in [5.74, 6) is -1.74. The van der Waals surface area contributed by atoms with Crippen LogP contribution in [0.2, 0.25) is 0 Å². The molecule has 1 heterocycles. The SMILES string of the molecule is CCOC(=O)CCN(C)S(=O)(=O)c1c[nH]c(C(=O)O)c1. The van der Waals surface area contributed by atoms with E-state index in [1.165, 1.54) is 7.05 Å². The van der Waals surface area contributed by atoms with Crippen LogP contribution < -0.4 is 0 Å². The number of esters is 1. The summed E-state index contributed by atoms with van der Waals surface area (Å²) >= 11 is 0. The summed E-state index contributed by atoms with van der Waals surface area (Å²) in [6.45, 7) is 1.84. The first kappa shape index (κ1) is 16.2. The molecule has 0 spiro atoms. The van der Waals surface area contributed by atoms with E-state index in [1.807, 2.05) is 0 Å². The summed E-state index contributed by atoms with van der Waals surface area (Å²) in [6, 6.07) is 1.03. The molecule has 0 radical (unpaired) electrons. The average molecular weight is 304 g/mol. The zero-order valence-corrected chi connectivity index (χ0v) is 11.9. The van der Waals surface area contributed by atoms with E-state index in [2.05, 4.69) is 4.98 Å². The topological polar surface area (TPSA) is 117 Å². The Hall–Kier alpha value is -1.87. The Labute approximate surface area is 116 Å². The molecule has 0 aliphatic rings. The van der Waals surface area contributed by atoms with Gasteiger partial charge >= 0.3 is 11.9 Å². The van der Waals surface area contributed by atoms with Crippen LogP contribution in [0.3, 0.4) is 0 Å². The summed E-state index contributed by atoms with van der Waals surface area (Å²) < 4.78 is 29.9. The Kier molecular flexibility index (Phi) is 5.28. The van der Waals surface area contributed by atoms with Gasteiger partial charge in [0.2, 0.25) is 10.0 Å². The quantitative estimate of drug-likeness (QED) is 0.699. The highest BCUT2D eigenvalue weighted by Gasteiger charge is 2.23. The van der Waals surface area contributed by atoms with Crippen LogP contribution in [0, 0.1) is 0 Å². The number of carboxylic acids is 1. The number of aromatic nitrogens is 1. The Bertz CT molecular complexity index is 592. The summed E-state index contributed by atoms with van der Waals surface area (Å²) in [5.41, 5.74) is -0.220. The molecule has 112 valence electrons. The van der Waals surface area contributed by atoms with Crippen LogP contribution in [-0.4, -0.2) is 55.0 Å². The van der Waals surface area contributed by atoms with Crippen molar-refractivity contribution in [2.75, 3.05) is 20.2 Å². The first-order valence-corrected chi connectivity index (χ1v) is 7.26. The molecule has 0 saturated carbocycles. The minimum Gasteiger partial charge on any atom is -0.477 e.